The number of halogens is 3. The van der Waals surface area contributed by atoms with Crippen molar-refractivity contribution in [1.29, 1.82) is 0 Å². The average Bonchev–Trinajstić information content (AvgIpc) is 3.40. The lowest BCUT2D eigenvalue weighted by molar-refractivity contribution is -0.143. The number of benzene rings is 3. The first-order valence-electron chi connectivity index (χ1n) is 12.4. The Labute approximate surface area is 241 Å². The second-order valence-electron chi connectivity index (χ2n) is 9.16. The fourth-order valence-electron chi connectivity index (χ4n) is 4.53. The van der Waals surface area contributed by atoms with E-state index >= 15 is 0 Å². The summed E-state index contributed by atoms with van der Waals surface area (Å²) in [7, 11) is 0. The summed E-state index contributed by atoms with van der Waals surface area (Å²) in [6, 6.07) is 21.8. The summed E-state index contributed by atoms with van der Waals surface area (Å²) in [4.78, 5) is 29.0. The number of carbonyl (C=O) groups excluding carboxylic acids is 2. The Bertz CT molecular complexity index is 1180. The maximum Gasteiger partial charge on any atom is 0.261 e. The normalized spacial score (nSPS) is 14.2. The third-order valence-electron chi connectivity index (χ3n) is 6.54. The van der Waals surface area contributed by atoms with Gasteiger partial charge in [-0.05, 0) is 77.4 Å². The second-order valence-corrected chi connectivity index (χ2v) is 11.2. The predicted molar refractivity (Wildman–Crippen MR) is 156 cm³/mol. The van der Waals surface area contributed by atoms with Gasteiger partial charge in [-0.2, -0.15) is 0 Å². The largest absolute Gasteiger partial charge is 0.484 e. The molecule has 194 valence electrons. The molecule has 0 aliphatic heterocycles. The molecule has 8 heteroatoms. The minimum atomic E-state index is -0.761. The summed E-state index contributed by atoms with van der Waals surface area (Å²) in [5.74, 6) is 0.0816. The average molecular weight is 651 g/mol. The van der Waals surface area contributed by atoms with E-state index in [0.717, 1.165) is 34.8 Å². The molecule has 0 heterocycles. The standard InChI is InChI=1S/C29H29Cl2IN2O3/c30-25-11-6-12-26(31)24(25)18-34(28(35)19-37-23-15-13-21(32)14-16-23)27(17-20-7-2-1-3-8-20)29(36)33-22-9-4-5-10-22/h1-3,6-8,11-16,22,27H,4-5,9-10,17-19H2,(H,33,36)/t27-/m0/s1. The quantitative estimate of drug-likeness (QED) is 0.249. The zero-order valence-corrected chi connectivity index (χ0v) is 24.0. The number of ether oxygens (including phenoxy) is 1. The van der Waals surface area contributed by atoms with Gasteiger partial charge in [-0.3, -0.25) is 9.59 Å². The highest BCUT2D eigenvalue weighted by Crippen LogP contribution is 2.28. The molecule has 0 bridgehead atoms. The van der Waals surface area contributed by atoms with E-state index in [-0.39, 0.29) is 31.0 Å². The second kappa shape index (κ2) is 13.5. The van der Waals surface area contributed by atoms with Crippen LogP contribution in [0.4, 0.5) is 0 Å². The summed E-state index contributed by atoms with van der Waals surface area (Å²) in [5, 5.41) is 4.08. The Hall–Kier alpha value is -2.29. The molecule has 1 N–H and O–H groups in total. The van der Waals surface area contributed by atoms with E-state index in [1.54, 1.807) is 23.1 Å². The zero-order chi connectivity index (χ0) is 26.2. The maximum atomic E-state index is 13.7. The Morgan fingerprint density at radius 3 is 2.24 bits per heavy atom. The highest BCUT2D eigenvalue weighted by molar-refractivity contribution is 14.1. The summed E-state index contributed by atoms with van der Waals surface area (Å²) in [6.45, 7) is -0.131. The summed E-state index contributed by atoms with van der Waals surface area (Å²) >= 11 is 15.2. The Morgan fingerprint density at radius 1 is 0.946 bits per heavy atom. The Morgan fingerprint density at radius 2 is 1.59 bits per heavy atom. The fourth-order valence-corrected chi connectivity index (χ4v) is 5.41. The van der Waals surface area contributed by atoms with E-state index in [0.29, 0.717) is 27.8 Å². The number of nitrogens with one attached hydrogen (secondary N) is 1. The van der Waals surface area contributed by atoms with Crippen LogP contribution in [0.1, 0.15) is 36.8 Å². The minimum absolute atomic E-state index is 0.0863. The molecule has 0 unspecified atom stereocenters. The smallest absolute Gasteiger partial charge is 0.261 e. The van der Waals surface area contributed by atoms with Crippen molar-refractivity contribution in [2.45, 2.75) is 50.7 Å². The molecule has 0 saturated heterocycles. The number of hydrogen-bond acceptors (Lipinski definition) is 3. The van der Waals surface area contributed by atoms with Gasteiger partial charge < -0.3 is 15.0 Å². The van der Waals surface area contributed by atoms with E-state index in [4.69, 9.17) is 27.9 Å². The molecule has 1 aliphatic rings. The van der Waals surface area contributed by atoms with Crippen LogP contribution in [0, 0.1) is 3.57 Å². The number of rotatable bonds is 10. The highest BCUT2D eigenvalue weighted by atomic mass is 127. The van der Waals surface area contributed by atoms with Crippen molar-refractivity contribution in [3.05, 3.63) is 97.5 Å². The van der Waals surface area contributed by atoms with Crippen LogP contribution in [0.2, 0.25) is 10.0 Å². The van der Waals surface area contributed by atoms with Gasteiger partial charge >= 0.3 is 0 Å². The number of carbonyl (C=O) groups is 2. The molecule has 3 aromatic rings. The molecule has 5 nitrogen and oxygen atoms in total. The number of amides is 2. The van der Waals surface area contributed by atoms with E-state index < -0.39 is 6.04 Å². The van der Waals surface area contributed by atoms with Crippen molar-refractivity contribution in [3.8, 4) is 5.75 Å². The predicted octanol–water partition coefficient (Wildman–Crippen LogP) is 6.68. The summed E-state index contributed by atoms with van der Waals surface area (Å²) < 4.78 is 6.89. The first-order chi connectivity index (χ1) is 17.9. The molecule has 2 amide bonds. The first-order valence-corrected chi connectivity index (χ1v) is 14.2. The van der Waals surface area contributed by atoms with Crippen molar-refractivity contribution in [2.24, 2.45) is 0 Å². The maximum absolute atomic E-state index is 13.7. The van der Waals surface area contributed by atoms with Gasteiger partial charge in [0.05, 0.1) is 0 Å². The lowest BCUT2D eigenvalue weighted by Crippen LogP contribution is -2.53. The molecule has 1 saturated carbocycles. The lowest BCUT2D eigenvalue weighted by atomic mass is 10.0. The zero-order valence-electron chi connectivity index (χ0n) is 20.3. The molecule has 1 fully saturated rings. The van der Waals surface area contributed by atoms with Crippen LogP contribution in [0.5, 0.6) is 5.75 Å². The third kappa shape index (κ3) is 7.85. The molecule has 1 aliphatic carbocycles. The Kier molecular flexibility index (Phi) is 10.1. The van der Waals surface area contributed by atoms with Gasteiger partial charge in [-0.15, -0.1) is 0 Å². The van der Waals surface area contributed by atoms with Gasteiger partial charge in [0.15, 0.2) is 6.61 Å². The molecular formula is C29H29Cl2IN2O3. The van der Waals surface area contributed by atoms with Crippen molar-refractivity contribution in [2.75, 3.05) is 6.61 Å². The third-order valence-corrected chi connectivity index (χ3v) is 7.97. The van der Waals surface area contributed by atoms with Gasteiger partial charge in [0, 0.05) is 38.2 Å². The van der Waals surface area contributed by atoms with E-state index in [2.05, 4.69) is 27.9 Å². The van der Waals surface area contributed by atoms with E-state index in [9.17, 15) is 9.59 Å². The van der Waals surface area contributed by atoms with Crippen LogP contribution >= 0.6 is 45.8 Å². The lowest BCUT2D eigenvalue weighted by Gasteiger charge is -2.32. The van der Waals surface area contributed by atoms with Crippen LogP contribution in [-0.2, 0) is 22.6 Å². The van der Waals surface area contributed by atoms with Crippen LogP contribution in [0.15, 0.2) is 72.8 Å². The van der Waals surface area contributed by atoms with Crippen LogP contribution < -0.4 is 10.1 Å². The van der Waals surface area contributed by atoms with E-state index in [1.165, 1.54) is 0 Å². The molecule has 0 radical (unpaired) electrons. The minimum Gasteiger partial charge on any atom is -0.484 e. The Balaban J connectivity index is 1.64. The van der Waals surface area contributed by atoms with Gasteiger partial charge in [-0.25, -0.2) is 0 Å². The van der Waals surface area contributed by atoms with Gasteiger partial charge in [-0.1, -0.05) is 72.4 Å². The van der Waals surface area contributed by atoms with Gasteiger partial charge in [0.25, 0.3) is 5.91 Å². The highest BCUT2D eigenvalue weighted by Gasteiger charge is 2.33. The summed E-state index contributed by atoms with van der Waals surface area (Å²) in [6.07, 6.45) is 4.44. The van der Waals surface area contributed by atoms with Crippen molar-refractivity contribution in [1.82, 2.24) is 10.2 Å². The van der Waals surface area contributed by atoms with E-state index in [1.807, 2.05) is 54.6 Å². The van der Waals surface area contributed by atoms with Crippen LogP contribution in [0.25, 0.3) is 0 Å². The fraction of sp³-hybridized carbons (Fsp3) is 0.310. The first kappa shape index (κ1) is 27.7. The molecule has 0 aromatic heterocycles. The summed E-state index contributed by atoms with van der Waals surface area (Å²) in [5.41, 5.74) is 1.55. The molecule has 4 rings (SSSR count). The monoisotopic (exact) mass is 650 g/mol. The van der Waals surface area contributed by atoms with Gasteiger partial charge in [0.2, 0.25) is 5.91 Å². The molecule has 0 spiro atoms. The van der Waals surface area contributed by atoms with Crippen LogP contribution in [0.3, 0.4) is 0 Å². The number of nitrogens with zero attached hydrogens (tertiary/aromatic N) is 1. The SMILES string of the molecule is O=C(NC1CCCC1)[C@H](Cc1ccccc1)N(Cc1c(Cl)cccc1Cl)C(=O)COc1ccc(I)cc1. The van der Waals surface area contributed by atoms with Crippen molar-refractivity contribution >= 4 is 57.6 Å². The topological polar surface area (TPSA) is 58.6 Å². The number of hydrogen-bond donors (Lipinski definition) is 1. The molecule has 3 aromatic carbocycles. The van der Waals surface area contributed by atoms with Gasteiger partial charge in [0.1, 0.15) is 11.8 Å². The molecule has 1 atom stereocenters. The molecule has 37 heavy (non-hydrogen) atoms. The van der Waals surface area contributed by atoms with Crippen molar-refractivity contribution in [3.63, 3.8) is 0 Å². The van der Waals surface area contributed by atoms with Crippen molar-refractivity contribution < 1.29 is 14.3 Å². The molecular weight excluding hydrogens is 622 g/mol. The van der Waals surface area contributed by atoms with Crippen LogP contribution in [-0.4, -0.2) is 35.4 Å².